The van der Waals surface area contributed by atoms with E-state index in [1.54, 1.807) is 11.9 Å². The average molecular weight is 252 g/mol. The Hall–Kier alpha value is -1.92. The first-order valence-electron chi connectivity index (χ1n) is 6.07. The fourth-order valence-corrected chi connectivity index (χ4v) is 2.23. The molecule has 7 nitrogen and oxygen atoms in total. The van der Waals surface area contributed by atoms with E-state index in [-0.39, 0.29) is 17.3 Å². The lowest BCUT2D eigenvalue weighted by atomic mass is 10.2. The van der Waals surface area contributed by atoms with Crippen molar-refractivity contribution in [3.05, 3.63) is 22.0 Å². The molecule has 0 N–H and O–H groups in total. The highest BCUT2D eigenvalue weighted by molar-refractivity contribution is 5.96. The predicted molar refractivity (Wildman–Crippen MR) is 64.2 cm³/mol. The summed E-state index contributed by atoms with van der Waals surface area (Å²) in [5, 5.41) is 14.7. The number of hydrogen-bond donors (Lipinski definition) is 0. The smallest absolute Gasteiger partial charge is 0.320 e. The van der Waals surface area contributed by atoms with Gasteiger partial charge in [-0.25, -0.2) is 0 Å². The van der Waals surface area contributed by atoms with Gasteiger partial charge in [-0.3, -0.25) is 19.6 Å². The predicted octanol–water partition coefficient (Wildman–Crippen LogP) is 1.34. The first-order chi connectivity index (χ1) is 8.61. The van der Waals surface area contributed by atoms with Gasteiger partial charge < -0.3 is 4.90 Å². The Morgan fingerprint density at radius 3 is 2.50 bits per heavy atom. The molecule has 18 heavy (non-hydrogen) atoms. The number of aromatic nitrogens is 2. The Balaban J connectivity index is 2.27. The molecule has 0 spiro atoms. The molecule has 0 saturated carbocycles. The van der Waals surface area contributed by atoms with Crippen LogP contribution in [0.25, 0.3) is 0 Å². The maximum atomic E-state index is 12.3. The molecule has 2 rings (SSSR count). The van der Waals surface area contributed by atoms with E-state index in [2.05, 4.69) is 5.10 Å². The third-order valence-electron chi connectivity index (χ3n) is 3.21. The van der Waals surface area contributed by atoms with Gasteiger partial charge in [0.2, 0.25) is 5.69 Å². The van der Waals surface area contributed by atoms with Crippen LogP contribution >= 0.6 is 0 Å². The monoisotopic (exact) mass is 252 g/mol. The van der Waals surface area contributed by atoms with Crippen molar-refractivity contribution < 1.29 is 9.72 Å². The standard InChI is InChI=1S/C11H16N4O3/c1-13-10(9(8-12-13)15(17)18)11(16)14-6-4-2-3-5-7-14/h8H,2-7H2,1H3. The number of likely N-dealkylation sites (tertiary alicyclic amines) is 1. The highest BCUT2D eigenvalue weighted by Gasteiger charge is 2.29. The van der Waals surface area contributed by atoms with Gasteiger partial charge in [0.15, 0.2) is 0 Å². The highest BCUT2D eigenvalue weighted by atomic mass is 16.6. The molecule has 0 unspecified atom stereocenters. The number of amides is 1. The van der Waals surface area contributed by atoms with Crippen LogP contribution in [-0.4, -0.2) is 38.6 Å². The lowest BCUT2D eigenvalue weighted by Gasteiger charge is -2.19. The summed E-state index contributed by atoms with van der Waals surface area (Å²) in [5.41, 5.74) is -0.145. The summed E-state index contributed by atoms with van der Waals surface area (Å²) in [6, 6.07) is 0. The molecule has 0 aromatic carbocycles. The summed E-state index contributed by atoms with van der Waals surface area (Å²) in [6.07, 6.45) is 5.26. The normalized spacial score (nSPS) is 16.4. The zero-order chi connectivity index (χ0) is 13.1. The van der Waals surface area contributed by atoms with Crippen molar-refractivity contribution in [3.8, 4) is 0 Å². The van der Waals surface area contributed by atoms with Crippen LogP contribution in [-0.2, 0) is 7.05 Å². The van der Waals surface area contributed by atoms with Crippen LogP contribution in [0.3, 0.4) is 0 Å². The summed E-state index contributed by atoms with van der Waals surface area (Å²) in [7, 11) is 1.55. The summed E-state index contributed by atoms with van der Waals surface area (Å²) < 4.78 is 1.28. The van der Waals surface area contributed by atoms with Gasteiger partial charge in [0, 0.05) is 20.1 Å². The second-order valence-electron chi connectivity index (χ2n) is 4.47. The van der Waals surface area contributed by atoms with Crippen LogP contribution in [0.1, 0.15) is 36.2 Å². The molecule has 0 aliphatic carbocycles. The van der Waals surface area contributed by atoms with Gasteiger partial charge in [-0.2, -0.15) is 5.10 Å². The summed E-state index contributed by atoms with van der Waals surface area (Å²) in [6.45, 7) is 1.34. The van der Waals surface area contributed by atoms with E-state index in [0.717, 1.165) is 31.9 Å². The van der Waals surface area contributed by atoms with Crippen LogP contribution in [0.5, 0.6) is 0 Å². The molecule has 2 heterocycles. The molecular formula is C11H16N4O3. The van der Waals surface area contributed by atoms with Crippen molar-refractivity contribution in [1.29, 1.82) is 0 Å². The van der Waals surface area contributed by atoms with Crippen molar-refractivity contribution in [2.75, 3.05) is 13.1 Å². The van der Waals surface area contributed by atoms with Crippen LogP contribution in [0.4, 0.5) is 5.69 Å². The quantitative estimate of drug-likeness (QED) is 0.587. The third-order valence-corrected chi connectivity index (χ3v) is 3.21. The van der Waals surface area contributed by atoms with Crippen LogP contribution in [0.2, 0.25) is 0 Å². The molecule has 0 radical (unpaired) electrons. The number of carbonyl (C=O) groups excluding carboxylic acids is 1. The van der Waals surface area contributed by atoms with Gasteiger partial charge >= 0.3 is 5.69 Å². The van der Waals surface area contributed by atoms with Crippen molar-refractivity contribution in [2.45, 2.75) is 25.7 Å². The minimum Gasteiger partial charge on any atom is -0.337 e. The topological polar surface area (TPSA) is 81.3 Å². The maximum absolute atomic E-state index is 12.3. The SMILES string of the molecule is Cn1ncc([N+](=O)[O-])c1C(=O)N1CCCCCC1. The van der Waals surface area contributed by atoms with E-state index in [1.165, 1.54) is 4.68 Å². The van der Waals surface area contributed by atoms with Gasteiger partial charge in [-0.15, -0.1) is 0 Å². The number of hydrogen-bond acceptors (Lipinski definition) is 4. The van der Waals surface area contributed by atoms with E-state index in [4.69, 9.17) is 0 Å². The Bertz CT molecular complexity index is 461. The highest BCUT2D eigenvalue weighted by Crippen LogP contribution is 2.20. The van der Waals surface area contributed by atoms with Gasteiger partial charge in [-0.05, 0) is 12.8 Å². The molecule has 1 aliphatic heterocycles. The second kappa shape index (κ2) is 5.16. The molecule has 0 atom stereocenters. The molecule has 98 valence electrons. The number of aryl methyl sites for hydroxylation is 1. The molecular weight excluding hydrogens is 236 g/mol. The Morgan fingerprint density at radius 2 is 1.94 bits per heavy atom. The summed E-state index contributed by atoms with van der Waals surface area (Å²) in [5.74, 6) is -0.288. The number of rotatable bonds is 2. The van der Waals surface area contributed by atoms with E-state index in [9.17, 15) is 14.9 Å². The minimum atomic E-state index is -0.557. The van der Waals surface area contributed by atoms with Crippen molar-refractivity contribution in [3.63, 3.8) is 0 Å². The first kappa shape index (κ1) is 12.5. The molecule has 1 aromatic rings. The molecule has 1 fully saturated rings. The molecule has 1 amide bonds. The van der Waals surface area contributed by atoms with Crippen LogP contribution in [0.15, 0.2) is 6.20 Å². The zero-order valence-electron chi connectivity index (χ0n) is 10.3. The molecule has 1 aliphatic rings. The largest absolute Gasteiger partial charge is 0.337 e. The number of nitrogens with zero attached hydrogens (tertiary/aromatic N) is 4. The lowest BCUT2D eigenvalue weighted by Crippen LogP contribution is -2.33. The minimum absolute atomic E-state index is 0.0712. The van der Waals surface area contributed by atoms with Crippen molar-refractivity contribution in [2.24, 2.45) is 7.05 Å². The lowest BCUT2D eigenvalue weighted by molar-refractivity contribution is -0.385. The molecule has 1 aromatic heterocycles. The van der Waals surface area contributed by atoms with Crippen molar-refractivity contribution in [1.82, 2.24) is 14.7 Å². The molecule has 7 heteroatoms. The second-order valence-corrected chi connectivity index (χ2v) is 4.47. The Labute approximate surface area is 105 Å². The first-order valence-corrected chi connectivity index (χ1v) is 6.07. The van der Waals surface area contributed by atoms with Crippen molar-refractivity contribution >= 4 is 11.6 Å². The zero-order valence-corrected chi connectivity index (χ0v) is 10.3. The fraction of sp³-hybridized carbons (Fsp3) is 0.636. The molecule has 0 bridgehead atoms. The van der Waals surface area contributed by atoms with E-state index < -0.39 is 4.92 Å². The number of nitro groups is 1. The molecule has 1 saturated heterocycles. The van der Waals surface area contributed by atoms with Gasteiger partial charge in [0.25, 0.3) is 5.91 Å². The summed E-state index contributed by atoms with van der Waals surface area (Å²) in [4.78, 5) is 24.3. The fourth-order valence-electron chi connectivity index (χ4n) is 2.23. The summed E-state index contributed by atoms with van der Waals surface area (Å²) >= 11 is 0. The van der Waals surface area contributed by atoms with Gasteiger partial charge in [0.05, 0.1) is 4.92 Å². The third kappa shape index (κ3) is 2.34. The van der Waals surface area contributed by atoms with Crippen LogP contribution in [0, 0.1) is 10.1 Å². The average Bonchev–Trinajstić information content (AvgIpc) is 2.56. The van der Waals surface area contributed by atoms with Crippen LogP contribution < -0.4 is 0 Å². The Morgan fingerprint density at radius 1 is 1.33 bits per heavy atom. The van der Waals surface area contributed by atoms with E-state index in [0.29, 0.717) is 13.1 Å². The van der Waals surface area contributed by atoms with E-state index >= 15 is 0 Å². The van der Waals surface area contributed by atoms with Gasteiger partial charge in [0.1, 0.15) is 6.20 Å². The maximum Gasteiger partial charge on any atom is 0.320 e. The van der Waals surface area contributed by atoms with E-state index in [1.807, 2.05) is 0 Å². The van der Waals surface area contributed by atoms with Gasteiger partial charge in [-0.1, -0.05) is 12.8 Å². The Kier molecular flexibility index (Phi) is 3.59. The number of carbonyl (C=O) groups is 1.